The number of methoxy groups -OCH3 is 1. The van der Waals surface area contributed by atoms with Crippen molar-refractivity contribution in [1.29, 1.82) is 0 Å². The molecule has 0 spiro atoms. The molecule has 200 valence electrons. The SMILES string of the molecule is COC1(CN2CC[C@@](c3ccccc3)(N(C)C)CCCN(CCC(=O)Nc3cccnn3)C2=O)CCC1. The Morgan fingerprint density at radius 1 is 1.03 bits per heavy atom. The molecular weight excluding hydrogens is 468 g/mol. The van der Waals surface area contributed by atoms with Crippen molar-refractivity contribution in [3.8, 4) is 0 Å². The van der Waals surface area contributed by atoms with Gasteiger partial charge < -0.3 is 19.9 Å². The molecule has 0 bridgehead atoms. The lowest BCUT2D eigenvalue weighted by molar-refractivity contribution is -0.116. The third-order valence-electron chi connectivity index (χ3n) is 8.15. The van der Waals surface area contributed by atoms with Crippen molar-refractivity contribution < 1.29 is 14.3 Å². The summed E-state index contributed by atoms with van der Waals surface area (Å²) in [7, 11) is 6.02. The van der Waals surface area contributed by atoms with Gasteiger partial charge in [-0.1, -0.05) is 30.3 Å². The number of hydrogen-bond donors (Lipinski definition) is 1. The first-order valence-corrected chi connectivity index (χ1v) is 13.3. The highest BCUT2D eigenvalue weighted by Gasteiger charge is 2.43. The van der Waals surface area contributed by atoms with Crippen LogP contribution in [0.5, 0.6) is 0 Å². The van der Waals surface area contributed by atoms with Crippen molar-refractivity contribution in [3.63, 3.8) is 0 Å². The average Bonchev–Trinajstić information content (AvgIpc) is 2.95. The molecule has 1 saturated carbocycles. The molecule has 2 fully saturated rings. The fraction of sp³-hybridized carbons (Fsp3) is 0.571. The minimum absolute atomic E-state index is 0.0155. The van der Waals surface area contributed by atoms with Crippen LogP contribution in [-0.2, 0) is 15.1 Å². The van der Waals surface area contributed by atoms with Gasteiger partial charge in [0.15, 0.2) is 5.82 Å². The molecular formula is C28H40N6O3. The van der Waals surface area contributed by atoms with Gasteiger partial charge in [-0.2, -0.15) is 5.10 Å². The number of anilines is 1. The molecule has 2 aromatic rings. The molecule has 4 rings (SSSR count). The molecule has 37 heavy (non-hydrogen) atoms. The number of hydrogen-bond acceptors (Lipinski definition) is 6. The van der Waals surface area contributed by atoms with Crippen LogP contribution >= 0.6 is 0 Å². The predicted octanol–water partition coefficient (Wildman–Crippen LogP) is 3.74. The van der Waals surface area contributed by atoms with E-state index in [1.54, 1.807) is 25.4 Å². The van der Waals surface area contributed by atoms with Crippen LogP contribution in [0.15, 0.2) is 48.7 Å². The maximum atomic E-state index is 13.9. The summed E-state index contributed by atoms with van der Waals surface area (Å²) in [6, 6.07) is 14.0. The van der Waals surface area contributed by atoms with E-state index in [-0.39, 0.29) is 29.5 Å². The number of urea groups is 1. The largest absolute Gasteiger partial charge is 0.376 e. The monoisotopic (exact) mass is 508 g/mol. The van der Waals surface area contributed by atoms with Crippen LogP contribution < -0.4 is 5.32 Å². The van der Waals surface area contributed by atoms with E-state index in [1.807, 2.05) is 15.9 Å². The molecule has 2 heterocycles. The van der Waals surface area contributed by atoms with Crippen molar-refractivity contribution in [1.82, 2.24) is 24.9 Å². The van der Waals surface area contributed by atoms with E-state index in [4.69, 9.17) is 4.74 Å². The van der Waals surface area contributed by atoms with Crippen LogP contribution in [0, 0.1) is 0 Å². The highest BCUT2D eigenvalue weighted by atomic mass is 16.5. The Hall–Kier alpha value is -3.04. The van der Waals surface area contributed by atoms with Crippen LogP contribution in [0.4, 0.5) is 10.6 Å². The molecule has 1 saturated heterocycles. The quantitative estimate of drug-likeness (QED) is 0.555. The summed E-state index contributed by atoms with van der Waals surface area (Å²) >= 11 is 0. The summed E-state index contributed by atoms with van der Waals surface area (Å²) in [4.78, 5) is 32.6. The zero-order valence-electron chi connectivity index (χ0n) is 22.4. The number of ether oxygens (including phenoxy) is 1. The summed E-state index contributed by atoms with van der Waals surface area (Å²) in [6.45, 7) is 2.14. The Bertz CT molecular complexity index is 1030. The van der Waals surface area contributed by atoms with Crippen molar-refractivity contribution in [2.45, 2.75) is 56.1 Å². The van der Waals surface area contributed by atoms with E-state index in [0.717, 1.165) is 38.5 Å². The number of amides is 3. The standard InChI is InChI=1S/C28H40N6O3/c1-32(2)28(23-10-5-4-6-11-23)16-9-19-33(20-13-25(35)30-24-12-7-18-29-31-24)26(36)34(21-17-28)22-27(37-3)14-8-15-27/h4-7,10-12,18H,8-9,13-17,19-22H2,1-3H3,(H,30,31,35)/t28-/m0/s1. The lowest BCUT2D eigenvalue weighted by Crippen LogP contribution is -2.55. The van der Waals surface area contributed by atoms with Crippen molar-refractivity contribution in [3.05, 3.63) is 54.2 Å². The van der Waals surface area contributed by atoms with Gasteiger partial charge in [0.1, 0.15) is 0 Å². The van der Waals surface area contributed by atoms with Crippen LogP contribution in [-0.4, -0.2) is 89.8 Å². The van der Waals surface area contributed by atoms with Gasteiger partial charge in [0.2, 0.25) is 5.91 Å². The Labute approximate surface area is 220 Å². The molecule has 9 nitrogen and oxygen atoms in total. The van der Waals surface area contributed by atoms with Gasteiger partial charge in [0, 0.05) is 44.9 Å². The summed E-state index contributed by atoms with van der Waals surface area (Å²) < 4.78 is 5.91. The van der Waals surface area contributed by atoms with Gasteiger partial charge in [-0.05, 0) is 70.3 Å². The second kappa shape index (κ2) is 12.0. The van der Waals surface area contributed by atoms with Crippen LogP contribution in [0.2, 0.25) is 0 Å². The Kier molecular flexibility index (Phi) is 8.76. The molecule has 1 aromatic carbocycles. The second-order valence-corrected chi connectivity index (χ2v) is 10.5. The summed E-state index contributed by atoms with van der Waals surface area (Å²) in [5, 5.41) is 10.5. The molecule has 2 aliphatic rings. The number of nitrogens with zero attached hydrogens (tertiary/aromatic N) is 5. The number of benzene rings is 1. The van der Waals surface area contributed by atoms with Crippen molar-refractivity contribution in [2.24, 2.45) is 0 Å². The molecule has 0 radical (unpaired) electrons. The van der Waals surface area contributed by atoms with Crippen LogP contribution in [0.25, 0.3) is 0 Å². The van der Waals surface area contributed by atoms with Gasteiger partial charge in [-0.3, -0.25) is 9.69 Å². The van der Waals surface area contributed by atoms with E-state index < -0.39 is 0 Å². The molecule has 1 atom stereocenters. The normalized spacial score (nSPS) is 22.1. The number of aromatic nitrogens is 2. The molecule has 1 aromatic heterocycles. The fourth-order valence-electron chi connectivity index (χ4n) is 5.65. The minimum atomic E-state index is -0.272. The van der Waals surface area contributed by atoms with E-state index in [1.165, 1.54) is 5.56 Å². The van der Waals surface area contributed by atoms with Gasteiger partial charge in [0.05, 0.1) is 12.1 Å². The van der Waals surface area contributed by atoms with E-state index in [2.05, 4.69) is 58.8 Å². The Balaban J connectivity index is 1.54. The fourth-order valence-corrected chi connectivity index (χ4v) is 5.65. The van der Waals surface area contributed by atoms with E-state index >= 15 is 0 Å². The highest BCUT2D eigenvalue weighted by molar-refractivity contribution is 5.90. The molecule has 0 unspecified atom stereocenters. The first-order chi connectivity index (χ1) is 17.9. The van der Waals surface area contributed by atoms with Crippen LogP contribution in [0.1, 0.15) is 50.5 Å². The number of nitrogens with one attached hydrogen (secondary N) is 1. The maximum Gasteiger partial charge on any atom is 0.320 e. The van der Waals surface area contributed by atoms with Gasteiger partial charge in [-0.25, -0.2) is 4.79 Å². The van der Waals surface area contributed by atoms with Gasteiger partial charge >= 0.3 is 6.03 Å². The topological polar surface area (TPSA) is 90.9 Å². The first-order valence-electron chi connectivity index (χ1n) is 13.3. The first kappa shape index (κ1) is 27.0. The smallest absolute Gasteiger partial charge is 0.320 e. The maximum absolute atomic E-state index is 13.9. The lowest BCUT2D eigenvalue weighted by atomic mass is 9.79. The van der Waals surface area contributed by atoms with Crippen LogP contribution in [0.3, 0.4) is 0 Å². The minimum Gasteiger partial charge on any atom is -0.376 e. The van der Waals surface area contributed by atoms with E-state index in [0.29, 0.717) is 32.0 Å². The molecule has 1 aliphatic heterocycles. The highest BCUT2D eigenvalue weighted by Crippen LogP contribution is 2.39. The Morgan fingerprint density at radius 2 is 1.81 bits per heavy atom. The number of carbonyl (C=O) groups is 2. The van der Waals surface area contributed by atoms with E-state index in [9.17, 15) is 9.59 Å². The number of rotatable bonds is 9. The number of carbonyl (C=O) groups excluding carboxylic acids is 2. The van der Waals surface area contributed by atoms with Gasteiger partial charge in [0.25, 0.3) is 0 Å². The molecule has 3 amide bonds. The van der Waals surface area contributed by atoms with Gasteiger partial charge in [-0.15, -0.1) is 5.10 Å². The average molecular weight is 509 g/mol. The van der Waals surface area contributed by atoms with Crippen molar-refractivity contribution in [2.75, 3.05) is 52.7 Å². The summed E-state index contributed by atoms with van der Waals surface area (Å²) in [5.74, 6) is 0.231. The third kappa shape index (κ3) is 6.27. The Morgan fingerprint density at radius 3 is 2.43 bits per heavy atom. The zero-order chi connectivity index (χ0) is 26.3. The zero-order valence-corrected chi connectivity index (χ0v) is 22.4. The summed E-state index contributed by atoms with van der Waals surface area (Å²) in [6.07, 6.45) is 7.39. The molecule has 9 heteroatoms. The second-order valence-electron chi connectivity index (χ2n) is 10.5. The molecule has 1 N–H and O–H groups in total. The van der Waals surface area contributed by atoms with Crippen molar-refractivity contribution >= 4 is 17.8 Å². The predicted molar refractivity (Wildman–Crippen MR) is 143 cm³/mol. The summed E-state index contributed by atoms with van der Waals surface area (Å²) in [5.41, 5.74) is 0.819. The molecule has 1 aliphatic carbocycles. The lowest BCUT2D eigenvalue weighted by Gasteiger charge is -2.45. The third-order valence-corrected chi connectivity index (χ3v) is 8.15.